The number of benzene rings is 2. The van der Waals surface area contributed by atoms with Crippen molar-refractivity contribution in [3.05, 3.63) is 65.3 Å². The van der Waals surface area contributed by atoms with Gasteiger partial charge in [-0.25, -0.2) is 0 Å². The smallest absolute Gasteiger partial charge is 0.256 e. The molecule has 6 heteroatoms. The summed E-state index contributed by atoms with van der Waals surface area (Å²) in [6, 6.07) is 13.9. The van der Waals surface area contributed by atoms with E-state index in [0.717, 1.165) is 10.9 Å². The summed E-state index contributed by atoms with van der Waals surface area (Å²) in [6.07, 6.45) is 2.05. The quantitative estimate of drug-likeness (QED) is 0.726. The molecule has 0 aliphatic carbocycles. The molecule has 3 aromatic rings. The Kier molecular flexibility index (Phi) is 4.95. The van der Waals surface area contributed by atoms with E-state index < -0.39 is 0 Å². The number of nitrogens with zero attached hydrogens (tertiary/aromatic N) is 1. The number of carbonyl (C=O) groups is 2. The summed E-state index contributed by atoms with van der Waals surface area (Å²) in [5.41, 5.74) is 2.25. The Morgan fingerprint density at radius 3 is 2.72 bits per heavy atom. The Bertz CT molecular complexity index is 951. The van der Waals surface area contributed by atoms with Gasteiger partial charge < -0.3 is 10.6 Å². The number of halogens is 1. The van der Waals surface area contributed by atoms with Gasteiger partial charge in [-0.15, -0.1) is 0 Å². The lowest BCUT2D eigenvalue weighted by molar-refractivity contribution is -0.115. The van der Waals surface area contributed by atoms with Crippen molar-refractivity contribution in [3.8, 4) is 0 Å². The lowest BCUT2D eigenvalue weighted by Crippen LogP contribution is -2.14. The third kappa shape index (κ3) is 3.78. The van der Waals surface area contributed by atoms with Crippen LogP contribution in [0, 0.1) is 0 Å². The van der Waals surface area contributed by atoms with Crippen molar-refractivity contribution >= 4 is 45.7 Å². The van der Waals surface area contributed by atoms with Gasteiger partial charge in [0.15, 0.2) is 0 Å². The van der Waals surface area contributed by atoms with Crippen LogP contribution in [0.5, 0.6) is 0 Å². The normalized spacial score (nSPS) is 10.5. The second-order valence-corrected chi connectivity index (χ2v) is 5.83. The topological polar surface area (TPSA) is 71.1 Å². The standard InChI is InChI=1S/C19H16ClN3O2/c1-2-18(24)22-12-8-9-15(20)17(11-12)23-19(25)14-5-3-7-16-13(14)6-4-10-21-16/h3-11H,2H2,1H3,(H,22,24)(H,23,25). The molecule has 1 heterocycles. The predicted molar refractivity (Wildman–Crippen MR) is 100 cm³/mol. The number of hydrogen-bond donors (Lipinski definition) is 2. The molecule has 126 valence electrons. The molecule has 0 aliphatic rings. The van der Waals surface area contributed by atoms with E-state index in [9.17, 15) is 9.59 Å². The molecule has 0 bridgehead atoms. The Hall–Kier alpha value is -2.92. The number of aromatic nitrogens is 1. The van der Waals surface area contributed by atoms with E-state index in [0.29, 0.717) is 28.4 Å². The van der Waals surface area contributed by atoms with Crippen LogP contribution in [0.4, 0.5) is 11.4 Å². The van der Waals surface area contributed by atoms with E-state index in [4.69, 9.17) is 11.6 Å². The number of pyridine rings is 1. The fourth-order valence-corrected chi connectivity index (χ4v) is 2.60. The third-order valence-electron chi connectivity index (χ3n) is 3.71. The fraction of sp³-hybridized carbons (Fsp3) is 0.105. The lowest BCUT2D eigenvalue weighted by atomic mass is 10.1. The van der Waals surface area contributed by atoms with Crippen molar-refractivity contribution in [3.63, 3.8) is 0 Å². The molecule has 2 aromatic carbocycles. The van der Waals surface area contributed by atoms with Gasteiger partial charge in [-0.1, -0.05) is 30.7 Å². The molecular formula is C19H16ClN3O2. The zero-order valence-electron chi connectivity index (χ0n) is 13.5. The van der Waals surface area contributed by atoms with Gasteiger partial charge in [-0.2, -0.15) is 0 Å². The molecule has 25 heavy (non-hydrogen) atoms. The lowest BCUT2D eigenvalue weighted by Gasteiger charge is -2.11. The summed E-state index contributed by atoms with van der Waals surface area (Å²) in [4.78, 5) is 28.5. The summed E-state index contributed by atoms with van der Waals surface area (Å²) in [7, 11) is 0. The number of rotatable bonds is 4. The van der Waals surface area contributed by atoms with E-state index >= 15 is 0 Å². The summed E-state index contributed by atoms with van der Waals surface area (Å²) < 4.78 is 0. The minimum Gasteiger partial charge on any atom is -0.326 e. The highest BCUT2D eigenvalue weighted by Crippen LogP contribution is 2.27. The minimum absolute atomic E-state index is 0.111. The molecule has 0 radical (unpaired) electrons. The monoisotopic (exact) mass is 353 g/mol. The summed E-state index contributed by atoms with van der Waals surface area (Å²) >= 11 is 6.18. The van der Waals surface area contributed by atoms with Gasteiger partial charge in [0.2, 0.25) is 5.91 Å². The molecule has 3 rings (SSSR count). The number of hydrogen-bond acceptors (Lipinski definition) is 3. The molecule has 5 nitrogen and oxygen atoms in total. The van der Waals surface area contributed by atoms with E-state index in [1.807, 2.05) is 12.1 Å². The van der Waals surface area contributed by atoms with E-state index in [1.165, 1.54) is 0 Å². The van der Waals surface area contributed by atoms with Crippen LogP contribution in [0.25, 0.3) is 10.9 Å². The van der Waals surface area contributed by atoms with Crippen LogP contribution in [-0.4, -0.2) is 16.8 Å². The van der Waals surface area contributed by atoms with Crippen LogP contribution in [0.1, 0.15) is 23.7 Å². The van der Waals surface area contributed by atoms with Crippen molar-refractivity contribution in [2.24, 2.45) is 0 Å². The Morgan fingerprint density at radius 1 is 1.08 bits per heavy atom. The van der Waals surface area contributed by atoms with Crippen molar-refractivity contribution < 1.29 is 9.59 Å². The maximum atomic E-state index is 12.7. The number of amides is 2. The highest BCUT2D eigenvalue weighted by atomic mass is 35.5. The zero-order chi connectivity index (χ0) is 17.8. The van der Waals surface area contributed by atoms with Crippen LogP contribution in [0.3, 0.4) is 0 Å². The molecule has 1 aromatic heterocycles. The van der Waals surface area contributed by atoms with Crippen LogP contribution in [0.2, 0.25) is 5.02 Å². The predicted octanol–water partition coefficient (Wildman–Crippen LogP) is 4.49. The SMILES string of the molecule is CCC(=O)Nc1ccc(Cl)c(NC(=O)c2cccc3ncccc23)c1. The summed E-state index contributed by atoms with van der Waals surface area (Å²) in [5.74, 6) is -0.404. The molecular weight excluding hydrogens is 338 g/mol. The molecule has 0 unspecified atom stereocenters. The number of carbonyl (C=O) groups excluding carboxylic acids is 2. The van der Waals surface area contributed by atoms with Gasteiger partial charge in [0.25, 0.3) is 5.91 Å². The van der Waals surface area contributed by atoms with Gasteiger partial charge >= 0.3 is 0 Å². The fourth-order valence-electron chi connectivity index (χ4n) is 2.44. The highest BCUT2D eigenvalue weighted by Gasteiger charge is 2.13. The molecule has 2 amide bonds. The Labute approximate surface area is 150 Å². The first-order valence-electron chi connectivity index (χ1n) is 7.83. The van der Waals surface area contributed by atoms with Crippen molar-refractivity contribution in [1.29, 1.82) is 0 Å². The highest BCUT2D eigenvalue weighted by molar-refractivity contribution is 6.34. The maximum Gasteiger partial charge on any atom is 0.256 e. The number of anilines is 2. The molecule has 0 saturated carbocycles. The zero-order valence-corrected chi connectivity index (χ0v) is 14.3. The third-order valence-corrected chi connectivity index (χ3v) is 4.04. The minimum atomic E-state index is -0.292. The van der Waals surface area contributed by atoms with Gasteiger partial charge in [-0.3, -0.25) is 14.6 Å². The number of nitrogens with one attached hydrogen (secondary N) is 2. The molecule has 0 aliphatic heterocycles. The van der Waals surface area contributed by atoms with Gasteiger partial charge in [0.1, 0.15) is 0 Å². The van der Waals surface area contributed by atoms with Crippen LogP contribution < -0.4 is 10.6 Å². The molecule has 0 saturated heterocycles. The molecule has 2 N–H and O–H groups in total. The number of fused-ring (bicyclic) bond motifs is 1. The van der Waals surface area contributed by atoms with Crippen LogP contribution in [-0.2, 0) is 4.79 Å². The van der Waals surface area contributed by atoms with Gasteiger partial charge in [0.05, 0.1) is 16.2 Å². The van der Waals surface area contributed by atoms with Crippen LogP contribution in [0.15, 0.2) is 54.7 Å². The molecule has 0 fully saturated rings. The maximum absolute atomic E-state index is 12.7. The van der Waals surface area contributed by atoms with Gasteiger partial charge in [0, 0.05) is 29.3 Å². The largest absolute Gasteiger partial charge is 0.326 e. The van der Waals surface area contributed by atoms with Crippen molar-refractivity contribution in [1.82, 2.24) is 4.98 Å². The van der Waals surface area contributed by atoms with Crippen molar-refractivity contribution in [2.45, 2.75) is 13.3 Å². The average Bonchev–Trinajstić information content (AvgIpc) is 2.63. The second-order valence-electron chi connectivity index (χ2n) is 5.43. The molecule has 0 atom stereocenters. The van der Waals surface area contributed by atoms with E-state index in [1.54, 1.807) is 49.5 Å². The van der Waals surface area contributed by atoms with E-state index in [-0.39, 0.29) is 11.8 Å². The first-order chi connectivity index (χ1) is 12.1. The van der Waals surface area contributed by atoms with Gasteiger partial charge in [-0.05, 0) is 36.4 Å². The summed E-state index contributed by atoms with van der Waals surface area (Å²) in [6.45, 7) is 1.77. The molecule has 0 spiro atoms. The first kappa shape index (κ1) is 16.9. The second kappa shape index (κ2) is 7.32. The van der Waals surface area contributed by atoms with E-state index in [2.05, 4.69) is 15.6 Å². The average molecular weight is 354 g/mol. The first-order valence-corrected chi connectivity index (χ1v) is 8.21. The van der Waals surface area contributed by atoms with Crippen molar-refractivity contribution in [2.75, 3.05) is 10.6 Å². The summed E-state index contributed by atoms with van der Waals surface area (Å²) in [5, 5.41) is 6.69. The van der Waals surface area contributed by atoms with Crippen LogP contribution >= 0.6 is 11.6 Å². The Morgan fingerprint density at radius 2 is 1.92 bits per heavy atom. The Balaban J connectivity index is 1.90.